The van der Waals surface area contributed by atoms with Gasteiger partial charge in [0.1, 0.15) is 0 Å². The van der Waals surface area contributed by atoms with Crippen LogP contribution in [0.3, 0.4) is 0 Å². The van der Waals surface area contributed by atoms with E-state index in [0.29, 0.717) is 0 Å². The Bertz CT molecular complexity index is 11.5. The van der Waals surface area contributed by atoms with Gasteiger partial charge in [-0.1, -0.05) is 0 Å². The fraction of sp³-hybridized carbons (Fsp3) is 1.00. The van der Waals surface area contributed by atoms with E-state index in [9.17, 15) is 0 Å². The predicted octanol–water partition coefficient (Wildman–Crippen LogP) is 1.20. The van der Waals surface area contributed by atoms with Crippen molar-refractivity contribution in [1.82, 2.24) is 0 Å². The first-order chi connectivity index (χ1) is 1.41. The molecule has 0 aromatic rings. The molecule has 0 unspecified atom stereocenters. The fourth-order valence-electron chi connectivity index (χ4n) is 0. The first kappa shape index (κ1) is 28.0. The SMILES string of the molecule is F.F.S.[CH3][Sn][CH3]. The van der Waals surface area contributed by atoms with Crippen molar-refractivity contribution in [2.24, 2.45) is 0 Å². The molecular weight excluding hydrogens is 213 g/mol. The molecule has 0 atom stereocenters. The number of rotatable bonds is 0. The molecule has 0 rings (SSSR count). The molecule has 0 fully saturated rings. The molecule has 0 saturated carbocycles. The van der Waals surface area contributed by atoms with Gasteiger partial charge in [0.25, 0.3) is 0 Å². The Labute approximate surface area is 54.1 Å². The molecule has 0 aliphatic carbocycles. The monoisotopic (exact) mass is 224 g/mol. The zero-order valence-electron chi connectivity index (χ0n) is 3.82. The van der Waals surface area contributed by atoms with Crippen molar-refractivity contribution in [1.29, 1.82) is 0 Å². The van der Waals surface area contributed by atoms with Crippen molar-refractivity contribution >= 4 is 34.6 Å². The van der Waals surface area contributed by atoms with Crippen LogP contribution in [0.2, 0.25) is 9.88 Å². The summed E-state index contributed by atoms with van der Waals surface area (Å²) in [4.78, 5) is 4.59. The number of hydrogen-bond acceptors (Lipinski definition) is 0. The van der Waals surface area contributed by atoms with Crippen molar-refractivity contribution in [3.05, 3.63) is 0 Å². The second kappa shape index (κ2) is 37.4. The van der Waals surface area contributed by atoms with E-state index in [4.69, 9.17) is 0 Å². The molecule has 0 aromatic carbocycles. The summed E-state index contributed by atoms with van der Waals surface area (Å²) in [6.45, 7) is 0. The van der Waals surface area contributed by atoms with E-state index in [1.807, 2.05) is 0 Å². The summed E-state index contributed by atoms with van der Waals surface area (Å²) < 4.78 is 0. The minimum absolute atomic E-state index is 0. The average molecular weight is 223 g/mol. The first-order valence-corrected chi connectivity index (χ1v) is 6.71. The summed E-state index contributed by atoms with van der Waals surface area (Å²) in [5.74, 6) is 0. The number of halogens is 2. The van der Waals surface area contributed by atoms with Crippen LogP contribution in [0, 0.1) is 0 Å². The van der Waals surface area contributed by atoms with Crippen LogP contribution in [0.1, 0.15) is 0 Å². The van der Waals surface area contributed by atoms with Crippen LogP contribution in [0.15, 0.2) is 0 Å². The molecule has 0 bridgehead atoms. The van der Waals surface area contributed by atoms with E-state index in [0.717, 1.165) is 0 Å². The minimum atomic E-state index is 0. The molecule has 0 aromatic heterocycles. The maximum atomic E-state index is 2.30. The Kier molecular flexibility index (Phi) is 174. The molecule has 0 saturated heterocycles. The van der Waals surface area contributed by atoms with Gasteiger partial charge < -0.3 is 0 Å². The van der Waals surface area contributed by atoms with Crippen molar-refractivity contribution in [3.8, 4) is 0 Å². The van der Waals surface area contributed by atoms with Crippen molar-refractivity contribution in [2.45, 2.75) is 9.88 Å². The Morgan fingerprint density at radius 2 is 1.00 bits per heavy atom. The summed E-state index contributed by atoms with van der Waals surface area (Å²) in [6, 6.07) is 0. The summed E-state index contributed by atoms with van der Waals surface area (Å²) in [5, 5.41) is 0. The van der Waals surface area contributed by atoms with Gasteiger partial charge in [-0.05, 0) is 0 Å². The van der Waals surface area contributed by atoms with Gasteiger partial charge in [-0.15, -0.1) is 0 Å². The Morgan fingerprint density at radius 3 is 1.00 bits per heavy atom. The van der Waals surface area contributed by atoms with Crippen LogP contribution >= 0.6 is 13.5 Å². The Hall–Kier alpha value is 1.01. The third kappa shape index (κ3) is 79.1. The van der Waals surface area contributed by atoms with E-state index >= 15 is 0 Å². The van der Waals surface area contributed by atoms with Crippen molar-refractivity contribution < 1.29 is 9.41 Å². The van der Waals surface area contributed by atoms with Crippen molar-refractivity contribution in [2.75, 3.05) is 0 Å². The van der Waals surface area contributed by atoms with Gasteiger partial charge in [0.05, 0.1) is 0 Å². The summed E-state index contributed by atoms with van der Waals surface area (Å²) in [6.07, 6.45) is 0. The molecule has 0 spiro atoms. The normalized spacial score (nSPS) is 3.00. The molecule has 42 valence electrons. The van der Waals surface area contributed by atoms with Crippen LogP contribution in [0.4, 0.5) is 9.41 Å². The van der Waals surface area contributed by atoms with Crippen molar-refractivity contribution in [3.63, 3.8) is 0 Å². The van der Waals surface area contributed by atoms with Crippen LogP contribution in [0.25, 0.3) is 0 Å². The van der Waals surface area contributed by atoms with Gasteiger partial charge in [0.2, 0.25) is 0 Å². The summed E-state index contributed by atoms with van der Waals surface area (Å²) in [7, 11) is 0. The predicted molar refractivity (Wildman–Crippen MR) is 32.9 cm³/mol. The van der Waals surface area contributed by atoms with Gasteiger partial charge >= 0.3 is 31.0 Å². The second-order valence-corrected chi connectivity index (χ2v) is 3.35. The van der Waals surface area contributed by atoms with Crippen LogP contribution in [0.5, 0.6) is 0 Å². The molecular formula is C2H10F2SSn. The van der Waals surface area contributed by atoms with Crippen LogP contribution in [-0.2, 0) is 0 Å². The molecule has 0 aliphatic heterocycles. The fourth-order valence-corrected chi connectivity index (χ4v) is 0. The van der Waals surface area contributed by atoms with Gasteiger partial charge in [0, 0.05) is 0 Å². The summed E-state index contributed by atoms with van der Waals surface area (Å²) >= 11 is 0.230. The first-order valence-electron chi connectivity index (χ1n) is 1.00. The van der Waals surface area contributed by atoms with Crippen LogP contribution < -0.4 is 0 Å². The van der Waals surface area contributed by atoms with E-state index in [1.165, 1.54) is 0 Å². The molecule has 0 nitrogen and oxygen atoms in total. The molecule has 4 heteroatoms. The van der Waals surface area contributed by atoms with E-state index in [2.05, 4.69) is 9.88 Å². The van der Waals surface area contributed by atoms with Gasteiger partial charge in [-0.25, -0.2) is 0 Å². The average Bonchev–Trinajstić information content (AvgIpc) is 0.918. The zero-order chi connectivity index (χ0) is 2.71. The summed E-state index contributed by atoms with van der Waals surface area (Å²) in [5.41, 5.74) is 0. The molecule has 0 amide bonds. The van der Waals surface area contributed by atoms with Gasteiger partial charge in [-0.2, -0.15) is 13.5 Å². The van der Waals surface area contributed by atoms with Gasteiger partial charge in [-0.3, -0.25) is 9.41 Å². The number of hydrogen-bond donors (Lipinski definition) is 0. The van der Waals surface area contributed by atoms with Crippen LogP contribution in [-0.4, -0.2) is 21.1 Å². The van der Waals surface area contributed by atoms with E-state index in [-0.39, 0.29) is 44.0 Å². The third-order valence-electron chi connectivity index (χ3n) is 0. The maximum absolute atomic E-state index is 2.30. The molecule has 2 radical (unpaired) electrons. The standard InChI is InChI=1S/2CH3.2FH.H2S.Sn/h2*1H3;2*1H;1H2;. The molecule has 0 heterocycles. The van der Waals surface area contributed by atoms with E-state index in [1.54, 1.807) is 0 Å². The molecule has 0 aliphatic rings. The third-order valence-corrected chi connectivity index (χ3v) is 0. The topological polar surface area (TPSA) is 0 Å². The quantitative estimate of drug-likeness (QED) is 0.541. The van der Waals surface area contributed by atoms with Gasteiger partial charge in [0.15, 0.2) is 0 Å². The zero-order valence-corrected chi connectivity index (χ0v) is 7.67. The second-order valence-electron chi connectivity index (χ2n) is 0.500. The Morgan fingerprint density at radius 1 is 1.00 bits per heavy atom. The molecule has 0 N–H and O–H groups in total. The Balaban J connectivity index is -0.00000000667. The van der Waals surface area contributed by atoms with E-state index < -0.39 is 0 Å². The molecule has 6 heavy (non-hydrogen) atoms.